The van der Waals surface area contributed by atoms with Gasteiger partial charge in [0.15, 0.2) is 0 Å². The summed E-state index contributed by atoms with van der Waals surface area (Å²) in [6.45, 7) is 4.23. The number of hydrogen-bond donors (Lipinski definition) is 4. The quantitative estimate of drug-likeness (QED) is 0.0362. The van der Waals surface area contributed by atoms with Crippen LogP contribution in [-0.2, 0) is 4.79 Å². The van der Waals surface area contributed by atoms with Crippen LogP contribution in [0, 0.1) is 0 Å². The zero-order chi connectivity index (χ0) is 44.4. The monoisotopic (exact) mass is 858 g/mol. The number of hydrogen-bond acceptors (Lipinski definition) is 4. The number of allylic oxidation sites excluding steroid dienone is 5. The number of carbonyl (C=O) groups is 1. The summed E-state index contributed by atoms with van der Waals surface area (Å²) >= 11 is 0. The van der Waals surface area contributed by atoms with E-state index in [0.29, 0.717) is 6.42 Å². The minimum Gasteiger partial charge on any atom is -0.394 e. The van der Waals surface area contributed by atoms with Gasteiger partial charge in [0, 0.05) is 0 Å². The van der Waals surface area contributed by atoms with E-state index in [1.165, 1.54) is 225 Å². The molecule has 5 nitrogen and oxygen atoms in total. The fourth-order valence-corrected chi connectivity index (χ4v) is 8.49. The van der Waals surface area contributed by atoms with Crippen molar-refractivity contribution in [2.24, 2.45) is 0 Å². The molecule has 0 fully saturated rings. The normalized spacial score (nSPS) is 13.6. The van der Waals surface area contributed by atoms with Crippen LogP contribution in [0.25, 0.3) is 0 Å². The molecule has 0 saturated heterocycles. The van der Waals surface area contributed by atoms with Gasteiger partial charge in [-0.25, -0.2) is 0 Å². The fraction of sp³-hybridized carbons (Fsp3) is 0.875. The molecule has 0 aliphatic heterocycles. The van der Waals surface area contributed by atoms with Crippen LogP contribution in [0.2, 0.25) is 0 Å². The third-order valence-electron chi connectivity index (χ3n) is 12.7. The van der Waals surface area contributed by atoms with E-state index in [1.807, 2.05) is 6.08 Å². The van der Waals surface area contributed by atoms with Gasteiger partial charge in [-0.15, -0.1) is 0 Å². The van der Waals surface area contributed by atoms with E-state index in [1.54, 1.807) is 6.08 Å². The van der Waals surface area contributed by atoms with Crippen molar-refractivity contribution in [1.82, 2.24) is 5.32 Å². The van der Waals surface area contributed by atoms with Crippen molar-refractivity contribution in [1.29, 1.82) is 0 Å². The van der Waals surface area contributed by atoms with Gasteiger partial charge in [0.25, 0.3) is 0 Å². The highest BCUT2D eigenvalue weighted by molar-refractivity contribution is 5.76. The topological polar surface area (TPSA) is 89.8 Å². The largest absolute Gasteiger partial charge is 0.394 e. The van der Waals surface area contributed by atoms with Crippen LogP contribution in [0.3, 0.4) is 0 Å². The second-order valence-corrected chi connectivity index (χ2v) is 18.8. The Balaban J connectivity index is 3.60. The molecule has 0 radical (unpaired) electrons. The Bertz CT molecular complexity index is 947. The van der Waals surface area contributed by atoms with Gasteiger partial charge >= 0.3 is 0 Å². The average Bonchev–Trinajstić information content (AvgIpc) is 3.25. The summed E-state index contributed by atoms with van der Waals surface area (Å²) in [4.78, 5) is 12.5. The van der Waals surface area contributed by atoms with Gasteiger partial charge in [0.05, 0.1) is 31.3 Å². The molecular formula is C56H107NO4. The molecule has 0 heterocycles. The average molecular weight is 858 g/mol. The molecule has 0 aromatic carbocycles. The highest BCUT2D eigenvalue weighted by Gasteiger charge is 2.20. The van der Waals surface area contributed by atoms with E-state index in [2.05, 4.69) is 43.5 Å². The SMILES string of the molecule is CCCCCCCCCCCC/C=C/CC/C=C/CC/C=C/C(O)C(CO)NC(=O)CC(O)CCCCCCCCCCCCCCCCCCCCCCCCCCCC. The Morgan fingerprint density at radius 1 is 0.410 bits per heavy atom. The molecule has 3 unspecified atom stereocenters. The zero-order valence-electron chi connectivity index (χ0n) is 41.1. The first-order valence-electron chi connectivity index (χ1n) is 27.3. The van der Waals surface area contributed by atoms with Crippen molar-refractivity contribution in [3.63, 3.8) is 0 Å². The van der Waals surface area contributed by atoms with Crippen LogP contribution < -0.4 is 5.32 Å². The van der Waals surface area contributed by atoms with Crippen LogP contribution in [0.1, 0.15) is 290 Å². The third kappa shape index (κ3) is 47.9. The lowest BCUT2D eigenvalue weighted by Gasteiger charge is -2.21. The number of amides is 1. The molecule has 0 aromatic heterocycles. The Morgan fingerprint density at radius 3 is 1.05 bits per heavy atom. The highest BCUT2D eigenvalue weighted by atomic mass is 16.3. The second-order valence-electron chi connectivity index (χ2n) is 18.8. The lowest BCUT2D eigenvalue weighted by Crippen LogP contribution is -2.45. The van der Waals surface area contributed by atoms with Gasteiger partial charge in [-0.1, -0.05) is 275 Å². The van der Waals surface area contributed by atoms with Crippen molar-refractivity contribution >= 4 is 5.91 Å². The van der Waals surface area contributed by atoms with Crippen LogP contribution in [0.4, 0.5) is 0 Å². The van der Waals surface area contributed by atoms with Crippen molar-refractivity contribution in [3.05, 3.63) is 36.5 Å². The number of aliphatic hydroxyl groups is 3. The number of carbonyl (C=O) groups excluding carboxylic acids is 1. The molecule has 0 aliphatic rings. The molecular weight excluding hydrogens is 751 g/mol. The molecule has 0 bridgehead atoms. The maximum Gasteiger partial charge on any atom is 0.222 e. The predicted octanol–water partition coefficient (Wildman–Crippen LogP) is 16.7. The molecule has 0 aromatic rings. The van der Waals surface area contributed by atoms with E-state index in [-0.39, 0.29) is 18.9 Å². The molecule has 5 heteroatoms. The molecule has 0 aliphatic carbocycles. The summed E-state index contributed by atoms with van der Waals surface area (Å²) < 4.78 is 0. The maximum absolute atomic E-state index is 12.5. The van der Waals surface area contributed by atoms with Gasteiger partial charge in [-0.2, -0.15) is 0 Å². The second kappa shape index (κ2) is 51.2. The smallest absolute Gasteiger partial charge is 0.222 e. The summed E-state index contributed by atoms with van der Waals surface area (Å²) in [6, 6.07) is -0.766. The van der Waals surface area contributed by atoms with E-state index in [0.717, 1.165) is 38.5 Å². The lowest BCUT2D eigenvalue weighted by molar-refractivity contribution is -0.124. The predicted molar refractivity (Wildman–Crippen MR) is 268 cm³/mol. The van der Waals surface area contributed by atoms with Gasteiger partial charge in [-0.3, -0.25) is 4.79 Å². The van der Waals surface area contributed by atoms with E-state index in [4.69, 9.17) is 0 Å². The fourth-order valence-electron chi connectivity index (χ4n) is 8.49. The van der Waals surface area contributed by atoms with Crippen molar-refractivity contribution in [2.75, 3.05) is 6.61 Å². The minimum absolute atomic E-state index is 0.00562. The van der Waals surface area contributed by atoms with Gasteiger partial charge < -0.3 is 20.6 Å². The highest BCUT2D eigenvalue weighted by Crippen LogP contribution is 2.17. The Labute approximate surface area is 381 Å². The Kier molecular flexibility index (Phi) is 50.0. The van der Waals surface area contributed by atoms with Crippen LogP contribution in [0.15, 0.2) is 36.5 Å². The summed E-state index contributed by atoms with van der Waals surface area (Å²) in [7, 11) is 0. The van der Waals surface area contributed by atoms with E-state index >= 15 is 0 Å². The number of unbranched alkanes of at least 4 members (excludes halogenated alkanes) is 37. The molecule has 3 atom stereocenters. The molecule has 1 amide bonds. The van der Waals surface area contributed by atoms with Gasteiger partial charge in [-0.05, 0) is 44.9 Å². The van der Waals surface area contributed by atoms with E-state index < -0.39 is 18.2 Å². The first kappa shape index (κ1) is 59.6. The zero-order valence-corrected chi connectivity index (χ0v) is 41.1. The first-order chi connectivity index (χ1) is 30.0. The third-order valence-corrected chi connectivity index (χ3v) is 12.7. The number of rotatable bonds is 50. The standard InChI is InChI=1S/C56H107NO4/c1-3-5-7-9-11-13-15-17-19-21-23-25-26-27-28-29-30-31-33-35-37-39-41-43-45-47-49-53(59)51-56(61)57-54(52-58)55(60)50-48-46-44-42-40-38-36-34-32-24-22-20-18-16-14-12-10-8-6-4-2/h32,34,40,42,48,50,53-55,58-60H,3-31,33,35-39,41,43-47,49,51-52H2,1-2H3,(H,57,61)/b34-32+,42-40+,50-48+. The molecule has 4 N–H and O–H groups in total. The Morgan fingerprint density at radius 2 is 0.705 bits per heavy atom. The summed E-state index contributed by atoms with van der Waals surface area (Å²) in [5.41, 5.74) is 0. The lowest BCUT2D eigenvalue weighted by atomic mass is 10.0. The summed E-state index contributed by atoms with van der Waals surface area (Å²) in [5.74, 6) is -0.325. The molecule has 0 saturated carbocycles. The van der Waals surface area contributed by atoms with Crippen LogP contribution in [-0.4, -0.2) is 46.1 Å². The summed E-state index contributed by atoms with van der Waals surface area (Å²) in [5, 5.41) is 33.4. The summed E-state index contributed by atoms with van der Waals surface area (Å²) in [6.07, 6.45) is 66.1. The van der Waals surface area contributed by atoms with Crippen molar-refractivity contribution in [3.8, 4) is 0 Å². The molecule has 61 heavy (non-hydrogen) atoms. The number of nitrogens with one attached hydrogen (secondary N) is 1. The Hall–Kier alpha value is -1.43. The first-order valence-corrected chi connectivity index (χ1v) is 27.3. The van der Waals surface area contributed by atoms with E-state index in [9.17, 15) is 20.1 Å². The van der Waals surface area contributed by atoms with Crippen molar-refractivity contribution in [2.45, 2.75) is 308 Å². The van der Waals surface area contributed by atoms with Gasteiger partial charge in [0.2, 0.25) is 5.91 Å². The maximum atomic E-state index is 12.5. The van der Waals surface area contributed by atoms with Crippen LogP contribution >= 0.6 is 0 Å². The molecule has 360 valence electrons. The molecule has 0 spiro atoms. The van der Waals surface area contributed by atoms with Gasteiger partial charge in [0.1, 0.15) is 0 Å². The van der Waals surface area contributed by atoms with Crippen LogP contribution in [0.5, 0.6) is 0 Å². The molecule has 0 rings (SSSR count). The minimum atomic E-state index is -0.959. The number of aliphatic hydroxyl groups excluding tert-OH is 3. The van der Waals surface area contributed by atoms with Crippen molar-refractivity contribution < 1.29 is 20.1 Å².